The standard InChI is InChI=1S/C23H26N2O4/c26-23(24-11-6-12-25-13-15-27-16-14-25)22-20(17-28-18-7-2-1-3-8-18)19-9-4-5-10-21(19)29-22/h1-5,7-10H,6,11-17H2,(H,24,26). The van der Waals surface area contributed by atoms with Gasteiger partial charge in [-0.05, 0) is 31.2 Å². The van der Waals surface area contributed by atoms with Crippen LogP contribution in [0.1, 0.15) is 22.5 Å². The quantitative estimate of drug-likeness (QED) is 0.593. The number of carbonyl (C=O) groups is 1. The van der Waals surface area contributed by atoms with Crippen LogP contribution in [0.3, 0.4) is 0 Å². The second kappa shape index (κ2) is 9.58. The Hall–Kier alpha value is -2.83. The van der Waals surface area contributed by atoms with Gasteiger partial charge in [0.25, 0.3) is 5.91 Å². The van der Waals surface area contributed by atoms with E-state index in [1.165, 1.54) is 0 Å². The van der Waals surface area contributed by atoms with Gasteiger partial charge in [-0.2, -0.15) is 0 Å². The maximum Gasteiger partial charge on any atom is 0.287 e. The van der Waals surface area contributed by atoms with Crippen molar-refractivity contribution in [2.75, 3.05) is 39.4 Å². The Balaban J connectivity index is 1.40. The third kappa shape index (κ3) is 4.96. The van der Waals surface area contributed by atoms with Crippen LogP contribution in [0.4, 0.5) is 0 Å². The number of fused-ring (bicyclic) bond motifs is 1. The number of benzene rings is 2. The van der Waals surface area contributed by atoms with E-state index in [1.807, 2.05) is 54.6 Å². The normalized spacial score (nSPS) is 14.8. The topological polar surface area (TPSA) is 63.9 Å². The molecule has 1 fully saturated rings. The van der Waals surface area contributed by atoms with Crippen molar-refractivity contribution in [3.05, 3.63) is 65.9 Å². The molecular formula is C23H26N2O4. The number of ether oxygens (including phenoxy) is 2. The summed E-state index contributed by atoms with van der Waals surface area (Å²) in [6.07, 6.45) is 0.891. The molecule has 1 aliphatic rings. The van der Waals surface area contributed by atoms with Gasteiger partial charge in [0.15, 0.2) is 5.76 Å². The Labute approximate surface area is 170 Å². The van der Waals surface area contributed by atoms with Gasteiger partial charge in [-0.25, -0.2) is 0 Å². The van der Waals surface area contributed by atoms with Crippen molar-refractivity contribution in [3.63, 3.8) is 0 Å². The van der Waals surface area contributed by atoms with Gasteiger partial charge in [0.05, 0.1) is 13.2 Å². The average molecular weight is 394 g/mol. The van der Waals surface area contributed by atoms with Crippen LogP contribution in [0.5, 0.6) is 5.75 Å². The first-order chi connectivity index (χ1) is 14.3. The van der Waals surface area contributed by atoms with E-state index in [1.54, 1.807) is 0 Å². The van der Waals surface area contributed by atoms with E-state index in [0.717, 1.165) is 56.0 Å². The summed E-state index contributed by atoms with van der Waals surface area (Å²) in [5, 5.41) is 3.90. The molecule has 2 heterocycles. The molecule has 1 amide bonds. The van der Waals surface area contributed by atoms with Crippen LogP contribution >= 0.6 is 0 Å². The maximum atomic E-state index is 12.8. The largest absolute Gasteiger partial charge is 0.489 e. The minimum atomic E-state index is -0.199. The van der Waals surface area contributed by atoms with Crippen molar-refractivity contribution >= 4 is 16.9 Å². The van der Waals surface area contributed by atoms with Crippen molar-refractivity contribution in [3.8, 4) is 5.75 Å². The summed E-state index contributed by atoms with van der Waals surface area (Å²) in [5.74, 6) is 0.887. The van der Waals surface area contributed by atoms with E-state index < -0.39 is 0 Å². The monoisotopic (exact) mass is 394 g/mol. The highest BCUT2D eigenvalue weighted by molar-refractivity contribution is 5.99. The number of amides is 1. The molecule has 152 valence electrons. The van der Waals surface area contributed by atoms with E-state index in [0.29, 0.717) is 17.9 Å². The zero-order valence-corrected chi connectivity index (χ0v) is 16.4. The van der Waals surface area contributed by atoms with Crippen LogP contribution in [0.25, 0.3) is 11.0 Å². The van der Waals surface area contributed by atoms with Crippen molar-refractivity contribution in [2.45, 2.75) is 13.0 Å². The second-order valence-electron chi connectivity index (χ2n) is 7.07. The Morgan fingerprint density at radius 1 is 1.03 bits per heavy atom. The van der Waals surface area contributed by atoms with Gasteiger partial charge < -0.3 is 19.2 Å². The fraction of sp³-hybridized carbons (Fsp3) is 0.348. The van der Waals surface area contributed by atoms with Gasteiger partial charge in [-0.15, -0.1) is 0 Å². The maximum absolute atomic E-state index is 12.8. The summed E-state index contributed by atoms with van der Waals surface area (Å²) >= 11 is 0. The SMILES string of the molecule is O=C(NCCCN1CCOCC1)c1oc2ccccc2c1COc1ccccc1. The lowest BCUT2D eigenvalue weighted by molar-refractivity contribution is 0.0374. The van der Waals surface area contributed by atoms with E-state index in [2.05, 4.69) is 10.2 Å². The number of morpholine rings is 1. The van der Waals surface area contributed by atoms with Gasteiger partial charge in [-0.1, -0.05) is 36.4 Å². The Kier molecular flexibility index (Phi) is 6.44. The van der Waals surface area contributed by atoms with Crippen LogP contribution in [-0.4, -0.2) is 50.2 Å². The van der Waals surface area contributed by atoms with Crippen LogP contribution in [0, 0.1) is 0 Å². The Bertz CT molecular complexity index is 932. The van der Waals surface area contributed by atoms with Gasteiger partial charge >= 0.3 is 0 Å². The molecule has 0 saturated carbocycles. The molecule has 3 aromatic rings. The number of hydrogen-bond acceptors (Lipinski definition) is 5. The van der Waals surface area contributed by atoms with Gasteiger partial charge in [0, 0.05) is 30.6 Å². The number of rotatable bonds is 8. The van der Waals surface area contributed by atoms with Crippen LogP contribution in [0.2, 0.25) is 0 Å². The fourth-order valence-corrected chi connectivity index (χ4v) is 3.51. The Morgan fingerprint density at radius 2 is 1.79 bits per heavy atom. The zero-order valence-electron chi connectivity index (χ0n) is 16.4. The molecule has 0 atom stereocenters. The van der Waals surface area contributed by atoms with Crippen LogP contribution < -0.4 is 10.1 Å². The molecule has 6 nitrogen and oxygen atoms in total. The lowest BCUT2D eigenvalue weighted by Crippen LogP contribution is -2.38. The van der Waals surface area contributed by atoms with Crippen molar-refractivity contribution < 1.29 is 18.7 Å². The molecule has 1 aromatic heterocycles. The second-order valence-corrected chi connectivity index (χ2v) is 7.07. The molecule has 4 rings (SSSR count). The molecule has 0 bridgehead atoms. The molecule has 0 radical (unpaired) electrons. The summed E-state index contributed by atoms with van der Waals surface area (Å²) in [5.41, 5.74) is 1.47. The van der Waals surface area contributed by atoms with Crippen molar-refractivity contribution in [1.82, 2.24) is 10.2 Å². The van der Waals surface area contributed by atoms with Gasteiger partial charge in [0.2, 0.25) is 0 Å². The summed E-state index contributed by atoms with van der Waals surface area (Å²) in [6.45, 7) is 5.32. The first kappa shape index (κ1) is 19.5. The highest BCUT2D eigenvalue weighted by Crippen LogP contribution is 2.27. The number of furan rings is 1. The third-order valence-electron chi connectivity index (χ3n) is 5.07. The molecule has 2 aromatic carbocycles. The predicted octanol–water partition coefficient (Wildman–Crippen LogP) is 3.46. The number of carbonyl (C=O) groups excluding carboxylic acids is 1. The number of nitrogens with zero attached hydrogens (tertiary/aromatic N) is 1. The van der Waals surface area contributed by atoms with E-state index in [9.17, 15) is 4.79 Å². The van der Waals surface area contributed by atoms with Crippen molar-refractivity contribution in [1.29, 1.82) is 0 Å². The molecule has 0 unspecified atom stereocenters. The first-order valence-corrected chi connectivity index (χ1v) is 10.1. The zero-order chi connectivity index (χ0) is 19.9. The lowest BCUT2D eigenvalue weighted by Gasteiger charge is -2.26. The molecule has 1 N–H and O–H groups in total. The molecule has 29 heavy (non-hydrogen) atoms. The number of para-hydroxylation sites is 2. The molecule has 1 aliphatic heterocycles. The smallest absolute Gasteiger partial charge is 0.287 e. The summed E-state index contributed by atoms with van der Waals surface area (Å²) in [4.78, 5) is 15.2. The average Bonchev–Trinajstić information content (AvgIpc) is 3.15. The number of nitrogens with one attached hydrogen (secondary N) is 1. The molecule has 0 spiro atoms. The summed E-state index contributed by atoms with van der Waals surface area (Å²) in [7, 11) is 0. The minimum absolute atomic E-state index is 0.199. The van der Waals surface area contributed by atoms with E-state index in [4.69, 9.17) is 13.9 Å². The van der Waals surface area contributed by atoms with Crippen LogP contribution in [0.15, 0.2) is 59.0 Å². The van der Waals surface area contributed by atoms with E-state index >= 15 is 0 Å². The van der Waals surface area contributed by atoms with Crippen molar-refractivity contribution in [2.24, 2.45) is 0 Å². The van der Waals surface area contributed by atoms with Crippen LogP contribution in [-0.2, 0) is 11.3 Å². The molecule has 1 saturated heterocycles. The highest BCUT2D eigenvalue weighted by atomic mass is 16.5. The lowest BCUT2D eigenvalue weighted by atomic mass is 10.1. The number of hydrogen-bond donors (Lipinski definition) is 1. The van der Waals surface area contributed by atoms with Gasteiger partial charge in [0.1, 0.15) is 17.9 Å². The first-order valence-electron chi connectivity index (χ1n) is 10.1. The fourth-order valence-electron chi connectivity index (χ4n) is 3.51. The summed E-state index contributed by atoms with van der Waals surface area (Å²) in [6, 6.07) is 17.2. The molecular weight excluding hydrogens is 368 g/mol. The third-order valence-corrected chi connectivity index (χ3v) is 5.07. The highest BCUT2D eigenvalue weighted by Gasteiger charge is 2.21. The summed E-state index contributed by atoms with van der Waals surface area (Å²) < 4.78 is 17.1. The Morgan fingerprint density at radius 3 is 2.62 bits per heavy atom. The van der Waals surface area contributed by atoms with Gasteiger partial charge in [-0.3, -0.25) is 9.69 Å². The predicted molar refractivity (Wildman–Crippen MR) is 111 cm³/mol. The van der Waals surface area contributed by atoms with E-state index in [-0.39, 0.29) is 12.5 Å². The minimum Gasteiger partial charge on any atom is -0.489 e. The molecule has 6 heteroatoms. The molecule has 0 aliphatic carbocycles.